The Hall–Kier alpha value is -1.62. The van der Waals surface area contributed by atoms with Crippen molar-refractivity contribution in [3.05, 3.63) is 30.1 Å². The molecule has 0 radical (unpaired) electrons. The van der Waals surface area contributed by atoms with Gasteiger partial charge in [-0.15, -0.1) is 0 Å². The second kappa shape index (κ2) is 5.46. The van der Waals surface area contributed by atoms with Gasteiger partial charge in [0, 0.05) is 19.3 Å². The third-order valence-electron chi connectivity index (χ3n) is 2.37. The summed E-state index contributed by atoms with van der Waals surface area (Å²) in [5, 5.41) is 11.6. The molecule has 0 bridgehead atoms. The molecule has 1 aromatic rings. The maximum atomic E-state index is 12.7. The number of carboxylic acids is 1. The van der Waals surface area contributed by atoms with E-state index in [0.717, 1.165) is 5.69 Å². The van der Waals surface area contributed by atoms with Crippen LogP contribution in [0.4, 0.5) is 10.1 Å². The third kappa shape index (κ3) is 3.20. The van der Waals surface area contributed by atoms with Crippen molar-refractivity contribution >= 4 is 11.7 Å². The van der Waals surface area contributed by atoms with Crippen LogP contribution in [0.25, 0.3) is 0 Å². The number of hydrogen-bond acceptors (Lipinski definition) is 3. The highest BCUT2D eigenvalue weighted by Crippen LogP contribution is 2.13. The molecule has 0 aliphatic heterocycles. The quantitative estimate of drug-likeness (QED) is 0.784. The SMILES string of the molecule is CNC(CN(C)c1ccc(F)cc1)C(=O)O. The molecule has 0 heterocycles. The Morgan fingerprint density at radius 3 is 2.50 bits per heavy atom. The Bertz CT molecular complexity index is 354. The topological polar surface area (TPSA) is 52.6 Å². The molecule has 0 amide bonds. The minimum atomic E-state index is -0.906. The molecule has 1 atom stereocenters. The molecule has 0 aliphatic carbocycles. The van der Waals surface area contributed by atoms with Gasteiger partial charge in [0.1, 0.15) is 11.9 Å². The zero-order valence-corrected chi connectivity index (χ0v) is 9.27. The summed E-state index contributed by atoms with van der Waals surface area (Å²) in [7, 11) is 3.36. The molecule has 2 N–H and O–H groups in total. The van der Waals surface area contributed by atoms with E-state index in [1.807, 2.05) is 0 Å². The maximum Gasteiger partial charge on any atom is 0.322 e. The Kier molecular flexibility index (Phi) is 4.25. The molecule has 5 heteroatoms. The molecule has 1 rings (SSSR count). The number of nitrogens with zero attached hydrogens (tertiary/aromatic N) is 1. The molecular formula is C11H15FN2O2. The fourth-order valence-corrected chi connectivity index (χ4v) is 1.37. The molecule has 0 aliphatic rings. The van der Waals surface area contributed by atoms with Crippen LogP contribution in [0.15, 0.2) is 24.3 Å². The van der Waals surface area contributed by atoms with E-state index < -0.39 is 12.0 Å². The van der Waals surface area contributed by atoms with Crippen LogP contribution >= 0.6 is 0 Å². The number of aliphatic carboxylic acids is 1. The monoisotopic (exact) mass is 226 g/mol. The lowest BCUT2D eigenvalue weighted by Crippen LogP contribution is -2.43. The maximum absolute atomic E-state index is 12.7. The van der Waals surface area contributed by atoms with Gasteiger partial charge in [-0.2, -0.15) is 0 Å². The zero-order valence-electron chi connectivity index (χ0n) is 9.27. The summed E-state index contributed by atoms with van der Waals surface area (Å²) in [5.41, 5.74) is 0.780. The Balaban J connectivity index is 2.67. The van der Waals surface area contributed by atoms with Crippen molar-refractivity contribution in [3.8, 4) is 0 Å². The van der Waals surface area contributed by atoms with Crippen molar-refractivity contribution in [2.45, 2.75) is 6.04 Å². The van der Waals surface area contributed by atoms with Crippen LogP contribution in [0.2, 0.25) is 0 Å². The van der Waals surface area contributed by atoms with Gasteiger partial charge in [0.25, 0.3) is 0 Å². The molecule has 16 heavy (non-hydrogen) atoms. The van der Waals surface area contributed by atoms with Gasteiger partial charge in [0.15, 0.2) is 0 Å². The minimum absolute atomic E-state index is 0.305. The lowest BCUT2D eigenvalue weighted by Gasteiger charge is -2.23. The summed E-state index contributed by atoms with van der Waals surface area (Å²) in [6.07, 6.45) is 0. The normalized spacial score (nSPS) is 12.2. The molecule has 0 aromatic heterocycles. The first kappa shape index (κ1) is 12.4. The number of rotatable bonds is 5. The van der Waals surface area contributed by atoms with Crippen molar-refractivity contribution in [3.63, 3.8) is 0 Å². The van der Waals surface area contributed by atoms with Crippen LogP contribution in [0.5, 0.6) is 0 Å². The highest BCUT2D eigenvalue weighted by Gasteiger charge is 2.17. The Morgan fingerprint density at radius 1 is 1.50 bits per heavy atom. The molecule has 1 aromatic carbocycles. The highest BCUT2D eigenvalue weighted by atomic mass is 19.1. The highest BCUT2D eigenvalue weighted by molar-refractivity contribution is 5.74. The van der Waals surface area contributed by atoms with Crippen molar-refractivity contribution in [1.82, 2.24) is 5.32 Å². The number of benzene rings is 1. The number of nitrogens with one attached hydrogen (secondary N) is 1. The van der Waals surface area contributed by atoms with Crippen LogP contribution in [0, 0.1) is 5.82 Å². The largest absolute Gasteiger partial charge is 0.480 e. The van der Waals surface area contributed by atoms with E-state index >= 15 is 0 Å². The summed E-state index contributed by atoms with van der Waals surface area (Å²) in [4.78, 5) is 12.6. The van der Waals surface area contributed by atoms with E-state index in [-0.39, 0.29) is 5.82 Å². The average molecular weight is 226 g/mol. The predicted molar refractivity (Wildman–Crippen MR) is 60.2 cm³/mol. The lowest BCUT2D eigenvalue weighted by atomic mass is 10.2. The number of likely N-dealkylation sites (N-methyl/N-ethyl adjacent to an activating group) is 2. The second-order valence-electron chi connectivity index (χ2n) is 3.54. The van der Waals surface area contributed by atoms with E-state index in [9.17, 15) is 9.18 Å². The predicted octanol–water partition coefficient (Wildman–Crippen LogP) is 0.934. The van der Waals surface area contributed by atoms with Gasteiger partial charge in [-0.1, -0.05) is 0 Å². The van der Waals surface area contributed by atoms with E-state index in [1.165, 1.54) is 12.1 Å². The molecule has 4 nitrogen and oxygen atoms in total. The first-order chi connectivity index (χ1) is 7.54. The number of carboxylic acid groups (broad SMARTS) is 1. The fraction of sp³-hybridized carbons (Fsp3) is 0.364. The molecule has 1 unspecified atom stereocenters. The van der Waals surface area contributed by atoms with E-state index in [0.29, 0.717) is 6.54 Å². The summed E-state index contributed by atoms with van der Waals surface area (Å²) in [6, 6.07) is 5.28. The van der Waals surface area contributed by atoms with Crippen LogP contribution in [-0.2, 0) is 4.79 Å². The lowest BCUT2D eigenvalue weighted by molar-refractivity contribution is -0.139. The van der Waals surface area contributed by atoms with Crippen LogP contribution in [0.3, 0.4) is 0 Å². The first-order valence-electron chi connectivity index (χ1n) is 4.91. The zero-order chi connectivity index (χ0) is 12.1. The van der Waals surface area contributed by atoms with Crippen LogP contribution in [0.1, 0.15) is 0 Å². The van der Waals surface area contributed by atoms with Crippen molar-refractivity contribution in [2.24, 2.45) is 0 Å². The smallest absolute Gasteiger partial charge is 0.322 e. The molecule has 0 saturated carbocycles. The number of hydrogen-bond donors (Lipinski definition) is 2. The fourth-order valence-electron chi connectivity index (χ4n) is 1.37. The average Bonchev–Trinajstić information content (AvgIpc) is 2.26. The van der Waals surface area contributed by atoms with Gasteiger partial charge in [-0.05, 0) is 31.3 Å². The Labute approximate surface area is 93.7 Å². The molecule has 88 valence electrons. The molecule has 0 fully saturated rings. The van der Waals surface area contributed by atoms with Gasteiger partial charge >= 0.3 is 5.97 Å². The van der Waals surface area contributed by atoms with Crippen LogP contribution in [-0.4, -0.2) is 37.8 Å². The third-order valence-corrected chi connectivity index (χ3v) is 2.37. The number of carbonyl (C=O) groups is 1. The van der Waals surface area contributed by atoms with E-state index in [4.69, 9.17) is 5.11 Å². The van der Waals surface area contributed by atoms with Gasteiger partial charge < -0.3 is 15.3 Å². The van der Waals surface area contributed by atoms with Gasteiger partial charge in [-0.25, -0.2) is 4.39 Å². The second-order valence-corrected chi connectivity index (χ2v) is 3.54. The van der Waals surface area contributed by atoms with Crippen molar-refractivity contribution < 1.29 is 14.3 Å². The van der Waals surface area contributed by atoms with Gasteiger partial charge in [0.05, 0.1) is 0 Å². The van der Waals surface area contributed by atoms with Gasteiger partial charge in [0.2, 0.25) is 0 Å². The summed E-state index contributed by atoms with van der Waals surface area (Å²) in [6.45, 7) is 0.317. The number of anilines is 1. The van der Waals surface area contributed by atoms with E-state index in [1.54, 1.807) is 31.1 Å². The van der Waals surface area contributed by atoms with Crippen LogP contribution < -0.4 is 10.2 Å². The number of halogens is 1. The van der Waals surface area contributed by atoms with Crippen molar-refractivity contribution in [1.29, 1.82) is 0 Å². The molecule has 0 saturated heterocycles. The van der Waals surface area contributed by atoms with Gasteiger partial charge in [-0.3, -0.25) is 4.79 Å². The first-order valence-corrected chi connectivity index (χ1v) is 4.91. The summed E-state index contributed by atoms with van der Waals surface area (Å²) >= 11 is 0. The van der Waals surface area contributed by atoms with E-state index in [2.05, 4.69) is 5.32 Å². The standard InChI is InChI=1S/C11H15FN2O2/c1-13-10(11(15)16)7-14(2)9-5-3-8(12)4-6-9/h3-6,10,13H,7H2,1-2H3,(H,15,16). The molecular weight excluding hydrogens is 211 g/mol. The minimum Gasteiger partial charge on any atom is -0.480 e. The summed E-state index contributed by atoms with van der Waals surface area (Å²) in [5.74, 6) is -1.21. The van der Waals surface area contributed by atoms with Crippen molar-refractivity contribution in [2.75, 3.05) is 25.5 Å². The Morgan fingerprint density at radius 2 is 2.06 bits per heavy atom. The molecule has 0 spiro atoms. The summed E-state index contributed by atoms with van der Waals surface area (Å²) < 4.78 is 12.7.